The Morgan fingerprint density at radius 3 is 2.97 bits per heavy atom. The number of aliphatic imine (C=N–C) groups is 1. The van der Waals surface area contributed by atoms with Crippen molar-refractivity contribution >= 4 is 5.96 Å². The first-order chi connectivity index (χ1) is 14.2. The maximum Gasteiger partial charge on any atom is 0.191 e. The Bertz CT molecular complexity index is 756. The lowest BCUT2D eigenvalue weighted by molar-refractivity contribution is -0.125. The third-order valence-corrected chi connectivity index (χ3v) is 7.41. The van der Waals surface area contributed by atoms with E-state index in [1.54, 1.807) is 7.11 Å². The second-order valence-corrected chi connectivity index (χ2v) is 9.07. The molecule has 29 heavy (non-hydrogen) atoms. The van der Waals surface area contributed by atoms with Crippen molar-refractivity contribution in [1.29, 1.82) is 0 Å². The van der Waals surface area contributed by atoms with Crippen molar-refractivity contribution in [3.05, 3.63) is 11.6 Å². The van der Waals surface area contributed by atoms with E-state index in [-0.39, 0.29) is 0 Å². The molecule has 1 saturated heterocycles. The number of aryl methyl sites for hydroxylation is 1. The Labute approximate surface area is 172 Å². The standard InChI is InChI=1S/C21H34N6O2/c1-3-22-20(23-14-6-7-17-24-16(13-28-2)26-27(17)12-14)25-18-15-8-11-29-19(15)21(18)9-4-5-10-21/h14-15,18-19H,3-13H2,1-2H3,(H2,22,23,25). The van der Waals surface area contributed by atoms with E-state index in [1.807, 2.05) is 4.68 Å². The molecule has 3 fully saturated rings. The minimum Gasteiger partial charge on any atom is -0.377 e. The van der Waals surface area contributed by atoms with E-state index in [9.17, 15) is 0 Å². The number of nitrogens with zero attached hydrogens (tertiary/aromatic N) is 4. The summed E-state index contributed by atoms with van der Waals surface area (Å²) in [4.78, 5) is 9.37. The van der Waals surface area contributed by atoms with E-state index in [1.165, 1.54) is 32.1 Å². The molecule has 0 aromatic carbocycles. The van der Waals surface area contributed by atoms with Gasteiger partial charge in [-0.2, -0.15) is 5.10 Å². The van der Waals surface area contributed by atoms with Crippen LogP contribution in [0.15, 0.2) is 4.99 Å². The number of rotatable bonds is 5. The van der Waals surface area contributed by atoms with E-state index in [4.69, 9.17) is 14.5 Å². The van der Waals surface area contributed by atoms with Gasteiger partial charge >= 0.3 is 0 Å². The monoisotopic (exact) mass is 402 g/mol. The van der Waals surface area contributed by atoms with Gasteiger partial charge in [-0.25, -0.2) is 9.67 Å². The molecule has 2 N–H and O–H groups in total. The molecule has 3 heterocycles. The van der Waals surface area contributed by atoms with Crippen LogP contribution in [-0.2, 0) is 29.0 Å². The van der Waals surface area contributed by atoms with Gasteiger partial charge in [-0.05, 0) is 32.6 Å². The molecule has 1 aromatic heterocycles. The molecule has 4 aliphatic rings. The molecule has 4 unspecified atom stereocenters. The van der Waals surface area contributed by atoms with E-state index in [2.05, 4.69) is 27.6 Å². The molecule has 1 spiro atoms. The van der Waals surface area contributed by atoms with Gasteiger partial charge in [-0.3, -0.25) is 4.99 Å². The summed E-state index contributed by atoms with van der Waals surface area (Å²) in [6, 6.07) is 0.807. The largest absolute Gasteiger partial charge is 0.377 e. The highest BCUT2D eigenvalue weighted by Gasteiger charge is 2.65. The Balaban J connectivity index is 1.26. The van der Waals surface area contributed by atoms with Gasteiger partial charge in [-0.15, -0.1) is 0 Å². The zero-order valence-corrected chi connectivity index (χ0v) is 17.7. The molecule has 8 nitrogen and oxygen atoms in total. The number of guanidine groups is 1. The molecule has 5 rings (SSSR count). The average Bonchev–Trinajstić information content (AvgIpc) is 3.44. The van der Waals surface area contributed by atoms with E-state index >= 15 is 0 Å². The summed E-state index contributed by atoms with van der Waals surface area (Å²) in [5.41, 5.74) is 0.331. The summed E-state index contributed by atoms with van der Waals surface area (Å²) < 4.78 is 13.4. The van der Waals surface area contributed by atoms with Crippen LogP contribution in [0.1, 0.15) is 57.1 Å². The van der Waals surface area contributed by atoms with Gasteiger partial charge in [0.1, 0.15) is 12.4 Å². The minimum absolute atomic E-state index is 0.313. The van der Waals surface area contributed by atoms with Crippen LogP contribution in [0.25, 0.3) is 0 Å². The number of aromatic nitrogens is 3. The minimum atomic E-state index is 0.313. The molecular weight excluding hydrogens is 368 g/mol. The molecule has 4 atom stereocenters. The van der Waals surface area contributed by atoms with Crippen LogP contribution in [0.2, 0.25) is 0 Å². The highest BCUT2D eigenvalue weighted by Crippen LogP contribution is 2.60. The second-order valence-electron chi connectivity index (χ2n) is 9.07. The van der Waals surface area contributed by atoms with Crippen LogP contribution in [-0.4, -0.2) is 59.2 Å². The van der Waals surface area contributed by atoms with E-state index in [0.717, 1.165) is 50.1 Å². The van der Waals surface area contributed by atoms with Crippen molar-refractivity contribution in [2.45, 2.75) is 83.2 Å². The van der Waals surface area contributed by atoms with E-state index in [0.29, 0.717) is 36.1 Å². The fourth-order valence-corrected chi connectivity index (χ4v) is 6.20. The van der Waals surface area contributed by atoms with Crippen molar-refractivity contribution in [2.75, 3.05) is 20.3 Å². The molecule has 160 valence electrons. The van der Waals surface area contributed by atoms with Gasteiger partial charge in [0.05, 0.1) is 12.6 Å². The predicted octanol–water partition coefficient (Wildman–Crippen LogP) is 1.64. The summed E-state index contributed by atoms with van der Waals surface area (Å²) in [7, 11) is 1.68. The topological polar surface area (TPSA) is 85.6 Å². The zero-order chi connectivity index (χ0) is 19.8. The van der Waals surface area contributed by atoms with Gasteiger partial charge in [0.2, 0.25) is 0 Å². The van der Waals surface area contributed by atoms with Crippen molar-refractivity contribution < 1.29 is 9.47 Å². The van der Waals surface area contributed by atoms with Crippen LogP contribution < -0.4 is 10.6 Å². The van der Waals surface area contributed by atoms with Crippen molar-refractivity contribution in [3.8, 4) is 0 Å². The second kappa shape index (κ2) is 7.87. The number of fused-ring (bicyclic) bond motifs is 3. The van der Waals surface area contributed by atoms with Crippen molar-refractivity contribution in [3.63, 3.8) is 0 Å². The molecular formula is C21H34N6O2. The number of nitrogens with one attached hydrogen (secondary N) is 2. The SMILES string of the molecule is CCN=C(NC1CCc2nc(COC)nn2C1)NC1C2CCOC2C12CCCC2. The van der Waals surface area contributed by atoms with Crippen LogP contribution in [0.5, 0.6) is 0 Å². The van der Waals surface area contributed by atoms with Gasteiger partial charge in [0.25, 0.3) is 0 Å². The summed E-state index contributed by atoms with van der Waals surface area (Å²) in [6.07, 6.45) is 8.87. The fourth-order valence-electron chi connectivity index (χ4n) is 6.20. The smallest absolute Gasteiger partial charge is 0.191 e. The van der Waals surface area contributed by atoms with Gasteiger partial charge in [0, 0.05) is 50.1 Å². The molecule has 8 heteroatoms. The molecule has 2 aliphatic carbocycles. The van der Waals surface area contributed by atoms with Crippen molar-refractivity contribution in [2.24, 2.45) is 16.3 Å². The fraction of sp³-hybridized carbons (Fsp3) is 0.857. The highest BCUT2D eigenvalue weighted by atomic mass is 16.5. The number of ether oxygens (including phenoxy) is 2. The van der Waals surface area contributed by atoms with Crippen LogP contribution in [0.3, 0.4) is 0 Å². The van der Waals surface area contributed by atoms with Crippen molar-refractivity contribution in [1.82, 2.24) is 25.4 Å². The Morgan fingerprint density at radius 2 is 2.17 bits per heavy atom. The molecule has 0 amide bonds. The third kappa shape index (κ3) is 3.34. The molecule has 0 bridgehead atoms. The van der Waals surface area contributed by atoms with Gasteiger partial charge < -0.3 is 20.1 Å². The molecule has 2 aliphatic heterocycles. The summed E-state index contributed by atoms with van der Waals surface area (Å²) in [6.45, 7) is 5.09. The van der Waals surface area contributed by atoms with Crippen LogP contribution >= 0.6 is 0 Å². The lowest BCUT2D eigenvalue weighted by Gasteiger charge is -2.57. The predicted molar refractivity (Wildman–Crippen MR) is 110 cm³/mol. The Kier molecular flexibility index (Phi) is 5.24. The quantitative estimate of drug-likeness (QED) is 0.575. The lowest BCUT2D eigenvalue weighted by atomic mass is 9.54. The Hall–Kier alpha value is -1.67. The first-order valence-electron chi connectivity index (χ1n) is 11.3. The van der Waals surface area contributed by atoms with Gasteiger partial charge in [0.15, 0.2) is 11.8 Å². The van der Waals surface area contributed by atoms with E-state index < -0.39 is 0 Å². The maximum absolute atomic E-state index is 6.14. The number of hydrogen-bond acceptors (Lipinski definition) is 5. The summed E-state index contributed by atoms with van der Waals surface area (Å²) >= 11 is 0. The Morgan fingerprint density at radius 1 is 1.31 bits per heavy atom. The normalized spacial score (nSPS) is 32.7. The summed E-state index contributed by atoms with van der Waals surface area (Å²) in [5, 5.41) is 12.1. The summed E-state index contributed by atoms with van der Waals surface area (Å²) in [5.74, 6) is 3.43. The molecule has 0 radical (unpaired) electrons. The zero-order valence-electron chi connectivity index (χ0n) is 17.7. The van der Waals surface area contributed by atoms with Gasteiger partial charge in [-0.1, -0.05) is 12.8 Å². The highest BCUT2D eigenvalue weighted by molar-refractivity contribution is 5.80. The van der Waals surface area contributed by atoms with Crippen LogP contribution in [0, 0.1) is 11.3 Å². The maximum atomic E-state index is 6.14. The first kappa shape index (κ1) is 19.3. The molecule has 1 aromatic rings. The molecule has 2 saturated carbocycles. The third-order valence-electron chi connectivity index (χ3n) is 7.41. The lowest BCUT2D eigenvalue weighted by Crippen LogP contribution is -2.69. The average molecular weight is 403 g/mol. The number of methoxy groups -OCH3 is 1. The first-order valence-corrected chi connectivity index (χ1v) is 11.3. The van der Waals surface area contributed by atoms with Crippen LogP contribution in [0.4, 0.5) is 0 Å². The number of hydrogen-bond donors (Lipinski definition) is 2.